The summed E-state index contributed by atoms with van der Waals surface area (Å²) in [5, 5.41) is 19.5. The number of hydrogen-bond acceptors (Lipinski definition) is 7. The number of sulfonamides is 1. The van der Waals surface area contributed by atoms with Gasteiger partial charge < -0.3 is 15.7 Å². The first-order valence-corrected chi connectivity index (χ1v) is 14.2. The van der Waals surface area contributed by atoms with Crippen LogP contribution < -0.4 is 15.4 Å². The van der Waals surface area contributed by atoms with Crippen LogP contribution in [0.1, 0.15) is 60.1 Å². The van der Waals surface area contributed by atoms with Gasteiger partial charge in [0.2, 0.25) is 10.0 Å². The molecule has 12 heteroatoms. The molecule has 0 bridgehead atoms. The Morgan fingerprint density at radius 1 is 1.19 bits per heavy atom. The molecule has 1 saturated carbocycles. The van der Waals surface area contributed by atoms with E-state index in [-0.39, 0.29) is 23.8 Å². The summed E-state index contributed by atoms with van der Waals surface area (Å²) in [5.41, 5.74) is 2.41. The van der Waals surface area contributed by atoms with E-state index in [1.165, 1.54) is 11.8 Å². The fourth-order valence-corrected chi connectivity index (χ4v) is 6.41. The molecule has 4 N–H and O–H groups in total. The van der Waals surface area contributed by atoms with Gasteiger partial charge in [0.15, 0.2) is 0 Å². The number of aryl methyl sites for hydroxylation is 3. The molecule has 36 heavy (non-hydrogen) atoms. The first-order chi connectivity index (χ1) is 17.3. The minimum atomic E-state index is -3.78. The minimum absolute atomic E-state index is 0.0406. The number of anilines is 1. The highest BCUT2D eigenvalue weighted by atomic mass is 32.2. The molecule has 1 fully saturated rings. The van der Waals surface area contributed by atoms with Crippen LogP contribution in [0.5, 0.6) is 0 Å². The third-order valence-electron chi connectivity index (χ3n) is 6.71. The largest absolute Gasteiger partial charge is 0.480 e. The van der Waals surface area contributed by atoms with Gasteiger partial charge in [0, 0.05) is 37.9 Å². The van der Waals surface area contributed by atoms with E-state index >= 15 is 0 Å². The van der Waals surface area contributed by atoms with Gasteiger partial charge in [-0.25, -0.2) is 13.4 Å². The van der Waals surface area contributed by atoms with Crippen LogP contribution in [0.2, 0.25) is 0 Å². The summed E-state index contributed by atoms with van der Waals surface area (Å²) < 4.78 is 28.8. The molecule has 0 aromatic carbocycles. The van der Waals surface area contributed by atoms with E-state index in [0.29, 0.717) is 13.0 Å². The van der Waals surface area contributed by atoms with Gasteiger partial charge in [-0.1, -0.05) is 25.3 Å². The van der Waals surface area contributed by atoms with Crippen molar-refractivity contribution < 1.29 is 23.1 Å². The highest BCUT2D eigenvalue weighted by Gasteiger charge is 2.28. The monoisotopic (exact) mass is 518 g/mol. The normalized spacial score (nSPS) is 17.1. The van der Waals surface area contributed by atoms with Gasteiger partial charge >= 0.3 is 5.97 Å². The molecule has 2 aromatic rings. The molecule has 0 unspecified atom stereocenters. The van der Waals surface area contributed by atoms with E-state index in [0.717, 1.165) is 63.0 Å². The Kier molecular flexibility index (Phi) is 8.57. The Balaban J connectivity index is 1.27. The summed E-state index contributed by atoms with van der Waals surface area (Å²) in [6.07, 6.45) is 10.5. The molecule has 1 aliphatic heterocycles. The maximum absolute atomic E-state index is 12.5. The minimum Gasteiger partial charge on any atom is -0.480 e. The molecular weight excluding hydrogens is 484 g/mol. The van der Waals surface area contributed by atoms with Gasteiger partial charge in [-0.05, 0) is 43.2 Å². The molecule has 196 valence electrons. The number of carbonyl (C=O) groups is 2. The summed E-state index contributed by atoms with van der Waals surface area (Å²) in [7, 11) is -3.78. The molecule has 0 radical (unpaired) electrons. The maximum Gasteiger partial charge on any atom is 0.323 e. The van der Waals surface area contributed by atoms with Crippen LogP contribution in [0.15, 0.2) is 24.5 Å². The standard InChI is InChI=1S/C24H34N6O5S/c31-23(26-14-21(24(32)33)29-36(34,35)16-17-5-2-1-3-6-17)19-13-27-30(15-19)12-10-20-9-8-18-7-4-11-25-22(18)28-20/h8-9,13,15,17,21,29H,1-7,10-12,14,16H2,(H,25,28)(H,26,31)(H,32,33)/t21-/m0/s1. The third-order valence-corrected chi connectivity index (χ3v) is 8.26. The van der Waals surface area contributed by atoms with Crippen LogP contribution in [-0.4, -0.2) is 65.0 Å². The van der Waals surface area contributed by atoms with Crippen molar-refractivity contribution in [3.8, 4) is 0 Å². The van der Waals surface area contributed by atoms with Crippen molar-refractivity contribution in [3.63, 3.8) is 0 Å². The Morgan fingerprint density at radius 2 is 2.00 bits per heavy atom. The van der Waals surface area contributed by atoms with Crippen LogP contribution in [0.25, 0.3) is 0 Å². The number of carboxylic acid groups (broad SMARTS) is 1. The zero-order valence-corrected chi connectivity index (χ0v) is 21.1. The van der Waals surface area contributed by atoms with Gasteiger partial charge in [-0.2, -0.15) is 9.82 Å². The lowest BCUT2D eigenvalue weighted by molar-refractivity contribution is -0.138. The fraction of sp³-hybridized carbons (Fsp3) is 0.583. The number of hydrogen-bond donors (Lipinski definition) is 4. The number of nitrogens with one attached hydrogen (secondary N) is 3. The van der Waals surface area contributed by atoms with Crippen LogP contribution in [0, 0.1) is 5.92 Å². The molecule has 2 aliphatic rings. The molecule has 3 heterocycles. The predicted molar refractivity (Wildman–Crippen MR) is 134 cm³/mol. The molecule has 0 saturated heterocycles. The van der Waals surface area contributed by atoms with Gasteiger partial charge in [-0.15, -0.1) is 0 Å². The van der Waals surface area contributed by atoms with Crippen molar-refractivity contribution in [1.29, 1.82) is 0 Å². The van der Waals surface area contributed by atoms with Crippen molar-refractivity contribution in [2.24, 2.45) is 5.92 Å². The van der Waals surface area contributed by atoms with E-state index in [9.17, 15) is 23.1 Å². The third kappa shape index (κ3) is 7.26. The summed E-state index contributed by atoms with van der Waals surface area (Å²) in [4.78, 5) is 28.8. The van der Waals surface area contributed by atoms with Gasteiger partial charge in [0.1, 0.15) is 11.9 Å². The van der Waals surface area contributed by atoms with Crippen molar-refractivity contribution in [2.45, 2.75) is 64.0 Å². The van der Waals surface area contributed by atoms with Crippen LogP contribution in [-0.2, 0) is 34.2 Å². The number of pyridine rings is 1. The summed E-state index contributed by atoms with van der Waals surface area (Å²) in [6.45, 7) is 1.08. The van der Waals surface area contributed by atoms with Crippen LogP contribution >= 0.6 is 0 Å². The lowest BCUT2D eigenvalue weighted by atomic mass is 9.91. The topological polar surface area (TPSA) is 155 Å². The Hall–Kier alpha value is -2.99. The number of carboxylic acids is 1. The van der Waals surface area contributed by atoms with Gasteiger partial charge in [0.05, 0.1) is 17.5 Å². The molecule has 11 nitrogen and oxygen atoms in total. The van der Waals surface area contributed by atoms with Crippen LogP contribution in [0.3, 0.4) is 0 Å². The number of carbonyl (C=O) groups excluding carboxylic acids is 1. The van der Waals surface area contributed by atoms with Crippen molar-refractivity contribution in [1.82, 2.24) is 24.8 Å². The zero-order chi connectivity index (χ0) is 25.5. The summed E-state index contributed by atoms with van der Waals surface area (Å²) in [5.74, 6) is -0.979. The van der Waals surface area contributed by atoms with E-state index in [1.54, 1.807) is 10.9 Å². The number of aliphatic carboxylic acids is 1. The molecule has 1 atom stereocenters. The van der Waals surface area contributed by atoms with E-state index in [2.05, 4.69) is 31.5 Å². The molecule has 4 rings (SSSR count). The number of aromatic nitrogens is 3. The second-order valence-corrected chi connectivity index (χ2v) is 11.4. The maximum atomic E-state index is 12.5. The predicted octanol–water partition coefficient (Wildman–Crippen LogP) is 1.56. The van der Waals surface area contributed by atoms with Gasteiger partial charge in [-0.3, -0.25) is 14.3 Å². The second kappa shape index (κ2) is 11.8. The highest BCUT2D eigenvalue weighted by molar-refractivity contribution is 7.89. The molecule has 0 spiro atoms. The smallest absolute Gasteiger partial charge is 0.323 e. The van der Waals surface area contributed by atoms with Crippen molar-refractivity contribution >= 4 is 27.7 Å². The Labute approximate surface area is 211 Å². The first kappa shape index (κ1) is 26.1. The number of fused-ring (bicyclic) bond motifs is 1. The lowest BCUT2D eigenvalue weighted by Crippen LogP contribution is -2.49. The Bertz CT molecular complexity index is 1180. The SMILES string of the molecule is O=C(NC[C@H](NS(=O)(=O)CC1CCCCC1)C(=O)O)c1cnn(CCc2ccc3c(n2)NCCC3)c1. The zero-order valence-electron chi connectivity index (χ0n) is 20.3. The second-order valence-electron chi connectivity index (χ2n) is 9.59. The number of nitrogens with zero attached hydrogens (tertiary/aromatic N) is 3. The van der Waals surface area contributed by atoms with Crippen molar-refractivity contribution in [3.05, 3.63) is 41.3 Å². The quantitative estimate of drug-likeness (QED) is 0.349. The first-order valence-electron chi connectivity index (χ1n) is 12.6. The molecule has 2 aromatic heterocycles. The van der Waals surface area contributed by atoms with Gasteiger partial charge in [0.25, 0.3) is 5.91 Å². The summed E-state index contributed by atoms with van der Waals surface area (Å²) in [6, 6.07) is 2.65. The Morgan fingerprint density at radius 3 is 2.78 bits per heavy atom. The number of rotatable bonds is 11. The average molecular weight is 519 g/mol. The molecule has 1 amide bonds. The fourth-order valence-electron chi connectivity index (χ4n) is 4.75. The van der Waals surface area contributed by atoms with Crippen LogP contribution in [0.4, 0.5) is 5.82 Å². The van der Waals surface area contributed by atoms with E-state index in [1.807, 2.05) is 6.07 Å². The van der Waals surface area contributed by atoms with E-state index < -0.39 is 27.9 Å². The molecule has 1 aliphatic carbocycles. The van der Waals surface area contributed by atoms with E-state index in [4.69, 9.17) is 0 Å². The average Bonchev–Trinajstić information content (AvgIpc) is 3.34. The highest BCUT2D eigenvalue weighted by Crippen LogP contribution is 2.24. The number of amides is 1. The lowest BCUT2D eigenvalue weighted by Gasteiger charge is -2.22. The molecular formula is C24H34N6O5S. The summed E-state index contributed by atoms with van der Waals surface area (Å²) >= 11 is 0. The van der Waals surface area contributed by atoms with Crippen molar-refractivity contribution in [2.75, 3.05) is 24.2 Å².